The molecular weight excluding hydrogens is 321 g/mol. The SMILES string of the molecule is Cc1onc(-c2ccccc2I)c1C(=O)O. The fourth-order valence-corrected chi connectivity index (χ4v) is 2.10. The number of halogens is 1. The Labute approximate surface area is 105 Å². The van der Waals surface area contributed by atoms with E-state index in [0.717, 1.165) is 9.13 Å². The molecule has 2 aromatic rings. The number of nitrogens with zero attached hydrogens (tertiary/aromatic N) is 1. The standard InChI is InChI=1S/C11H8INO3/c1-6-9(11(14)15)10(13-16-6)7-4-2-3-5-8(7)12/h2-5H,1H3,(H,14,15). The molecule has 4 nitrogen and oxygen atoms in total. The highest BCUT2D eigenvalue weighted by atomic mass is 127. The molecule has 5 heteroatoms. The third-order valence-corrected chi connectivity index (χ3v) is 3.15. The molecule has 0 aliphatic carbocycles. The molecule has 0 atom stereocenters. The van der Waals surface area contributed by atoms with E-state index < -0.39 is 5.97 Å². The van der Waals surface area contributed by atoms with Gasteiger partial charge in [-0.2, -0.15) is 0 Å². The van der Waals surface area contributed by atoms with E-state index in [1.807, 2.05) is 24.3 Å². The lowest BCUT2D eigenvalue weighted by Crippen LogP contribution is -1.99. The molecule has 1 aromatic heterocycles. The van der Waals surface area contributed by atoms with Crippen LogP contribution in [0.4, 0.5) is 0 Å². The molecule has 0 spiro atoms. The van der Waals surface area contributed by atoms with Crippen LogP contribution in [0.15, 0.2) is 28.8 Å². The summed E-state index contributed by atoms with van der Waals surface area (Å²) in [7, 11) is 0. The van der Waals surface area contributed by atoms with Gasteiger partial charge in [0.05, 0.1) is 0 Å². The summed E-state index contributed by atoms with van der Waals surface area (Å²) in [6.45, 7) is 1.59. The molecule has 0 saturated heterocycles. The van der Waals surface area contributed by atoms with Gasteiger partial charge < -0.3 is 9.63 Å². The van der Waals surface area contributed by atoms with Gasteiger partial charge in [-0.1, -0.05) is 23.4 Å². The smallest absolute Gasteiger partial charge is 0.341 e. The Hall–Kier alpha value is -1.37. The van der Waals surface area contributed by atoms with Crippen LogP contribution in [-0.4, -0.2) is 16.2 Å². The van der Waals surface area contributed by atoms with Crippen molar-refractivity contribution >= 4 is 28.6 Å². The number of aromatic carboxylic acids is 1. The third kappa shape index (κ3) is 1.82. The largest absolute Gasteiger partial charge is 0.477 e. The first-order valence-corrected chi connectivity index (χ1v) is 5.63. The van der Waals surface area contributed by atoms with Crippen LogP contribution in [0.3, 0.4) is 0 Å². The fourth-order valence-electron chi connectivity index (χ4n) is 1.46. The number of carboxylic acids is 1. The average molecular weight is 329 g/mol. The Morgan fingerprint density at radius 2 is 2.12 bits per heavy atom. The normalized spacial score (nSPS) is 10.4. The number of hydrogen-bond donors (Lipinski definition) is 1. The minimum absolute atomic E-state index is 0.129. The summed E-state index contributed by atoms with van der Waals surface area (Å²) in [5, 5.41) is 12.9. The van der Waals surface area contributed by atoms with Crippen molar-refractivity contribution in [3.05, 3.63) is 39.2 Å². The lowest BCUT2D eigenvalue weighted by molar-refractivity contribution is 0.0696. The van der Waals surface area contributed by atoms with Gasteiger partial charge in [0.25, 0.3) is 0 Å². The van der Waals surface area contributed by atoms with Crippen molar-refractivity contribution in [1.82, 2.24) is 5.16 Å². The second-order valence-corrected chi connectivity index (χ2v) is 4.41. The Morgan fingerprint density at radius 3 is 2.75 bits per heavy atom. The van der Waals surface area contributed by atoms with Crippen LogP contribution in [0.5, 0.6) is 0 Å². The molecule has 0 amide bonds. The maximum atomic E-state index is 11.1. The molecule has 0 saturated carbocycles. The van der Waals surface area contributed by atoms with Gasteiger partial charge in [0, 0.05) is 9.13 Å². The highest BCUT2D eigenvalue weighted by Gasteiger charge is 2.21. The van der Waals surface area contributed by atoms with Gasteiger partial charge >= 0.3 is 5.97 Å². The maximum Gasteiger partial charge on any atom is 0.341 e. The van der Waals surface area contributed by atoms with Crippen LogP contribution in [-0.2, 0) is 0 Å². The van der Waals surface area contributed by atoms with E-state index in [9.17, 15) is 4.79 Å². The molecule has 0 unspecified atom stereocenters. The predicted octanol–water partition coefficient (Wildman–Crippen LogP) is 2.95. The number of aryl methyl sites for hydroxylation is 1. The highest BCUT2D eigenvalue weighted by Crippen LogP contribution is 2.28. The van der Waals surface area contributed by atoms with Crippen LogP contribution in [0.2, 0.25) is 0 Å². The molecule has 82 valence electrons. The number of aromatic nitrogens is 1. The van der Waals surface area contributed by atoms with Gasteiger partial charge in [-0.05, 0) is 35.6 Å². The van der Waals surface area contributed by atoms with Gasteiger partial charge in [0.1, 0.15) is 17.0 Å². The number of carboxylic acid groups (broad SMARTS) is 1. The zero-order valence-electron chi connectivity index (χ0n) is 8.40. The summed E-state index contributed by atoms with van der Waals surface area (Å²) in [5.41, 5.74) is 1.29. The average Bonchev–Trinajstić information content (AvgIpc) is 2.61. The van der Waals surface area contributed by atoms with Gasteiger partial charge in [-0.25, -0.2) is 4.79 Å². The van der Waals surface area contributed by atoms with Gasteiger partial charge in [0.2, 0.25) is 0 Å². The lowest BCUT2D eigenvalue weighted by Gasteiger charge is -2.00. The summed E-state index contributed by atoms with van der Waals surface area (Å²) < 4.78 is 5.87. The molecule has 0 radical (unpaired) electrons. The number of benzene rings is 1. The number of hydrogen-bond acceptors (Lipinski definition) is 3. The Bertz CT molecular complexity index is 548. The minimum atomic E-state index is -1.02. The van der Waals surface area contributed by atoms with Crippen molar-refractivity contribution in [3.63, 3.8) is 0 Å². The molecular formula is C11H8INO3. The molecule has 1 aromatic carbocycles. The van der Waals surface area contributed by atoms with E-state index in [1.165, 1.54) is 0 Å². The second-order valence-electron chi connectivity index (χ2n) is 3.25. The molecule has 0 aliphatic rings. The lowest BCUT2D eigenvalue weighted by atomic mass is 10.1. The summed E-state index contributed by atoms with van der Waals surface area (Å²) in [4.78, 5) is 11.1. The Morgan fingerprint density at radius 1 is 1.44 bits per heavy atom. The molecule has 0 fully saturated rings. The zero-order valence-corrected chi connectivity index (χ0v) is 10.6. The quantitative estimate of drug-likeness (QED) is 0.861. The van der Waals surface area contributed by atoms with Crippen LogP contribution >= 0.6 is 22.6 Å². The number of rotatable bonds is 2. The molecule has 1 N–H and O–H groups in total. The van der Waals surface area contributed by atoms with Crippen molar-refractivity contribution < 1.29 is 14.4 Å². The van der Waals surface area contributed by atoms with E-state index in [0.29, 0.717) is 11.5 Å². The molecule has 0 aliphatic heterocycles. The highest BCUT2D eigenvalue weighted by molar-refractivity contribution is 14.1. The molecule has 0 bridgehead atoms. The molecule has 16 heavy (non-hydrogen) atoms. The van der Waals surface area contributed by atoms with E-state index in [1.54, 1.807) is 6.92 Å². The van der Waals surface area contributed by atoms with Crippen molar-refractivity contribution in [2.24, 2.45) is 0 Å². The van der Waals surface area contributed by atoms with E-state index in [4.69, 9.17) is 9.63 Å². The summed E-state index contributed by atoms with van der Waals surface area (Å²) in [5.74, 6) is -0.699. The van der Waals surface area contributed by atoms with Crippen molar-refractivity contribution in [3.8, 4) is 11.3 Å². The van der Waals surface area contributed by atoms with Crippen molar-refractivity contribution in [1.29, 1.82) is 0 Å². The van der Waals surface area contributed by atoms with Crippen LogP contribution < -0.4 is 0 Å². The summed E-state index contributed by atoms with van der Waals surface area (Å²) in [6, 6.07) is 7.45. The van der Waals surface area contributed by atoms with Crippen molar-refractivity contribution in [2.45, 2.75) is 6.92 Å². The summed E-state index contributed by atoms with van der Waals surface area (Å²) >= 11 is 2.14. The molecule has 2 rings (SSSR count). The third-order valence-electron chi connectivity index (χ3n) is 2.21. The van der Waals surface area contributed by atoms with Crippen LogP contribution in [0.1, 0.15) is 16.1 Å². The van der Waals surface area contributed by atoms with E-state index in [-0.39, 0.29) is 5.56 Å². The second kappa shape index (κ2) is 4.25. The Kier molecular flexibility index (Phi) is 2.95. The molecule has 1 heterocycles. The van der Waals surface area contributed by atoms with Gasteiger partial charge in [0.15, 0.2) is 0 Å². The van der Waals surface area contributed by atoms with Crippen LogP contribution in [0.25, 0.3) is 11.3 Å². The summed E-state index contributed by atoms with van der Waals surface area (Å²) in [6.07, 6.45) is 0. The minimum Gasteiger partial charge on any atom is -0.477 e. The predicted molar refractivity (Wildman–Crippen MR) is 66.4 cm³/mol. The Balaban J connectivity index is 2.66. The zero-order chi connectivity index (χ0) is 11.7. The first-order valence-electron chi connectivity index (χ1n) is 4.55. The van der Waals surface area contributed by atoms with E-state index in [2.05, 4.69) is 27.7 Å². The van der Waals surface area contributed by atoms with Crippen molar-refractivity contribution in [2.75, 3.05) is 0 Å². The van der Waals surface area contributed by atoms with Gasteiger partial charge in [-0.15, -0.1) is 0 Å². The van der Waals surface area contributed by atoms with E-state index >= 15 is 0 Å². The monoisotopic (exact) mass is 329 g/mol. The van der Waals surface area contributed by atoms with Crippen LogP contribution in [0, 0.1) is 10.5 Å². The topological polar surface area (TPSA) is 63.3 Å². The van der Waals surface area contributed by atoms with Gasteiger partial charge in [-0.3, -0.25) is 0 Å². The first kappa shape index (κ1) is 11.1. The first-order chi connectivity index (χ1) is 7.61. The maximum absolute atomic E-state index is 11.1. The fraction of sp³-hybridized carbons (Fsp3) is 0.0909. The number of carbonyl (C=O) groups is 1.